The van der Waals surface area contributed by atoms with E-state index in [1.165, 1.54) is 12.1 Å². The predicted molar refractivity (Wildman–Crippen MR) is 92.4 cm³/mol. The van der Waals surface area contributed by atoms with Crippen LogP contribution in [0, 0.1) is 5.82 Å². The highest BCUT2D eigenvalue weighted by Crippen LogP contribution is 2.23. The molecule has 2 saturated heterocycles. The van der Waals surface area contributed by atoms with Crippen LogP contribution in [0.1, 0.15) is 30.9 Å². The monoisotopic (exact) mass is 348 g/mol. The minimum absolute atomic E-state index is 0.0181. The summed E-state index contributed by atoms with van der Waals surface area (Å²) in [6.07, 6.45) is 2.11. The van der Waals surface area contributed by atoms with Crippen molar-refractivity contribution in [1.29, 1.82) is 0 Å². The number of hydrogen-bond acceptors (Lipinski definition) is 4. The minimum Gasteiger partial charge on any atom is -0.354 e. The zero-order valence-corrected chi connectivity index (χ0v) is 14.3. The Labute approximate surface area is 147 Å². The molecule has 0 radical (unpaired) electrons. The van der Waals surface area contributed by atoms with Crippen molar-refractivity contribution in [2.75, 3.05) is 32.7 Å². The Hall–Kier alpha value is -1.99. The molecule has 1 aromatic rings. The Morgan fingerprint density at radius 3 is 2.96 bits per heavy atom. The molecule has 3 N–H and O–H groups in total. The molecule has 0 saturated carbocycles. The predicted octanol–water partition coefficient (Wildman–Crippen LogP) is 0.557. The molecule has 2 fully saturated rings. The number of halogens is 1. The van der Waals surface area contributed by atoms with Gasteiger partial charge in [0, 0.05) is 32.6 Å². The van der Waals surface area contributed by atoms with Gasteiger partial charge in [0.1, 0.15) is 5.82 Å². The summed E-state index contributed by atoms with van der Waals surface area (Å²) in [4.78, 5) is 26.4. The Kier molecular flexibility index (Phi) is 5.99. The first-order valence-electron chi connectivity index (χ1n) is 8.92. The molecule has 0 bridgehead atoms. The summed E-state index contributed by atoms with van der Waals surface area (Å²) in [7, 11) is 0. The van der Waals surface area contributed by atoms with E-state index in [2.05, 4.69) is 16.0 Å². The fourth-order valence-electron chi connectivity index (χ4n) is 3.48. The summed E-state index contributed by atoms with van der Waals surface area (Å²) in [6.45, 7) is 3.10. The number of amides is 2. The maximum atomic E-state index is 13.5. The van der Waals surface area contributed by atoms with Crippen molar-refractivity contribution in [2.45, 2.75) is 31.3 Å². The molecule has 7 heteroatoms. The molecule has 2 heterocycles. The molecular weight excluding hydrogens is 323 g/mol. The van der Waals surface area contributed by atoms with Gasteiger partial charge in [0.15, 0.2) is 0 Å². The van der Waals surface area contributed by atoms with Gasteiger partial charge >= 0.3 is 0 Å². The first-order chi connectivity index (χ1) is 12.1. The van der Waals surface area contributed by atoms with Gasteiger partial charge in [-0.15, -0.1) is 0 Å². The standard InChI is InChI=1S/C18H25FN4O2/c19-14-4-1-3-13(11-14)16-12-20-9-10-23(16)17(24)6-8-22-18(25)15-5-2-7-21-15/h1,3-4,11,15-16,20-21H,2,5-10,12H2,(H,22,25). The van der Waals surface area contributed by atoms with E-state index in [4.69, 9.17) is 0 Å². The SMILES string of the molecule is O=C(NCCC(=O)N1CCNCC1c1cccc(F)c1)C1CCCN1. The van der Waals surface area contributed by atoms with Gasteiger partial charge < -0.3 is 20.9 Å². The molecule has 2 amide bonds. The van der Waals surface area contributed by atoms with E-state index in [1.54, 1.807) is 11.0 Å². The minimum atomic E-state index is -0.299. The lowest BCUT2D eigenvalue weighted by molar-refractivity contribution is -0.134. The second-order valence-corrected chi connectivity index (χ2v) is 6.55. The van der Waals surface area contributed by atoms with Crippen LogP contribution in [0.4, 0.5) is 4.39 Å². The third-order valence-corrected chi connectivity index (χ3v) is 4.81. The smallest absolute Gasteiger partial charge is 0.237 e. The summed E-state index contributed by atoms with van der Waals surface area (Å²) in [6, 6.07) is 6.08. The molecule has 6 nitrogen and oxygen atoms in total. The average Bonchev–Trinajstić information content (AvgIpc) is 3.16. The van der Waals surface area contributed by atoms with Gasteiger partial charge in [0.05, 0.1) is 12.1 Å². The molecule has 0 spiro atoms. The molecule has 1 aromatic carbocycles. The van der Waals surface area contributed by atoms with E-state index >= 15 is 0 Å². The molecule has 2 atom stereocenters. The van der Waals surface area contributed by atoms with Crippen LogP contribution < -0.4 is 16.0 Å². The van der Waals surface area contributed by atoms with Crippen LogP contribution in [-0.4, -0.2) is 55.5 Å². The number of rotatable bonds is 5. The second-order valence-electron chi connectivity index (χ2n) is 6.55. The van der Waals surface area contributed by atoms with E-state index in [0.717, 1.165) is 31.5 Å². The van der Waals surface area contributed by atoms with Gasteiger partial charge in [-0.05, 0) is 37.1 Å². The fraction of sp³-hybridized carbons (Fsp3) is 0.556. The van der Waals surface area contributed by atoms with E-state index < -0.39 is 0 Å². The average molecular weight is 348 g/mol. The maximum Gasteiger partial charge on any atom is 0.237 e. The van der Waals surface area contributed by atoms with Gasteiger partial charge in [0.2, 0.25) is 11.8 Å². The number of hydrogen-bond donors (Lipinski definition) is 3. The summed E-state index contributed by atoms with van der Waals surface area (Å²) < 4.78 is 13.5. The topological polar surface area (TPSA) is 73.5 Å². The molecule has 0 aliphatic carbocycles. The molecule has 25 heavy (non-hydrogen) atoms. The molecule has 0 aromatic heterocycles. The summed E-state index contributed by atoms with van der Waals surface area (Å²) >= 11 is 0. The number of benzene rings is 1. The third-order valence-electron chi connectivity index (χ3n) is 4.81. The zero-order valence-electron chi connectivity index (χ0n) is 14.3. The van der Waals surface area contributed by atoms with Crippen LogP contribution in [-0.2, 0) is 9.59 Å². The van der Waals surface area contributed by atoms with Crippen molar-refractivity contribution in [3.05, 3.63) is 35.6 Å². The first kappa shape index (κ1) is 17.8. The summed E-state index contributed by atoms with van der Waals surface area (Å²) in [5.41, 5.74) is 0.791. The van der Waals surface area contributed by atoms with E-state index in [1.807, 2.05) is 6.07 Å². The van der Waals surface area contributed by atoms with Crippen LogP contribution in [0.15, 0.2) is 24.3 Å². The highest BCUT2D eigenvalue weighted by Gasteiger charge is 2.28. The zero-order chi connectivity index (χ0) is 17.6. The lowest BCUT2D eigenvalue weighted by Crippen LogP contribution is -2.49. The van der Waals surface area contributed by atoms with Crippen LogP contribution in [0.5, 0.6) is 0 Å². The number of nitrogens with one attached hydrogen (secondary N) is 3. The Morgan fingerprint density at radius 1 is 1.32 bits per heavy atom. The van der Waals surface area contributed by atoms with E-state index in [0.29, 0.717) is 19.6 Å². The van der Waals surface area contributed by atoms with Crippen molar-refractivity contribution in [2.24, 2.45) is 0 Å². The van der Waals surface area contributed by atoms with Gasteiger partial charge in [-0.3, -0.25) is 9.59 Å². The van der Waals surface area contributed by atoms with Crippen LogP contribution in [0.3, 0.4) is 0 Å². The number of nitrogens with zero attached hydrogens (tertiary/aromatic N) is 1. The molecule has 136 valence electrons. The van der Waals surface area contributed by atoms with Gasteiger partial charge in [-0.2, -0.15) is 0 Å². The fourth-order valence-corrected chi connectivity index (χ4v) is 3.48. The highest BCUT2D eigenvalue weighted by atomic mass is 19.1. The van der Waals surface area contributed by atoms with Crippen molar-refractivity contribution >= 4 is 11.8 Å². The Bertz CT molecular complexity index is 619. The highest BCUT2D eigenvalue weighted by molar-refractivity contribution is 5.83. The van der Waals surface area contributed by atoms with Crippen molar-refractivity contribution in [3.63, 3.8) is 0 Å². The number of carbonyl (C=O) groups is 2. The van der Waals surface area contributed by atoms with Crippen molar-refractivity contribution < 1.29 is 14.0 Å². The lowest BCUT2D eigenvalue weighted by Gasteiger charge is -2.36. The molecule has 2 aliphatic heterocycles. The van der Waals surface area contributed by atoms with Crippen molar-refractivity contribution in [1.82, 2.24) is 20.9 Å². The maximum absolute atomic E-state index is 13.5. The summed E-state index contributed by atoms with van der Waals surface area (Å²) in [5.74, 6) is -0.352. The second kappa shape index (κ2) is 8.40. The van der Waals surface area contributed by atoms with Crippen LogP contribution in [0.2, 0.25) is 0 Å². The lowest BCUT2D eigenvalue weighted by atomic mass is 10.0. The normalized spacial score (nSPS) is 23.5. The molecular formula is C18H25FN4O2. The van der Waals surface area contributed by atoms with E-state index in [-0.39, 0.29) is 36.1 Å². The third kappa shape index (κ3) is 4.55. The first-order valence-corrected chi connectivity index (χ1v) is 8.92. The van der Waals surface area contributed by atoms with Gasteiger partial charge in [0.25, 0.3) is 0 Å². The van der Waals surface area contributed by atoms with Crippen LogP contribution >= 0.6 is 0 Å². The number of piperazine rings is 1. The largest absolute Gasteiger partial charge is 0.354 e. The van der Waals surface area contributed by atoms with Crippen LogP contribution in [0.25, 0.3) is 0 Å². The molecule has 2 aliphatic rings. The Balaban J connectivity index is 1.54. The molecule has 2 unspecified atom stereocenters. The quantitative estimate of drug-likeness (QED) is 0.727. The van der Waals surface area contributed by atoms with Crippen molar-refractivity contribution in [3.8, 4) is 0 Å². The number of carbonyl (C=O) groups excluding carboxylic acids is 2. The van der Waals surface area contributed by atoms with E-state index in [9.17, 15) is 14.0 Å². The van der Waals surface area contributed by atoms with Gasteiger partial charge in [-0.1, -0.05) is 12.1 Å². The Morgan fingerprint density at radius 2 is 2.20 bits per heavy atom. The molecule has 3 rings (SSSR count). The summed E-state index contributed by atoms with van der Waals surface area (Å²) in [5, 5.41) is 9.23. The van der Waals surface area contributed by atoms with Gasteiger partial charge in [-0.25, -0.2) is 4.39 Å².